The smallest absolute Gasteiger partial charge is 0.243 e. The monoisotopic (exact) mass is 414 g/mol. The first-order chi connectivity index (χ1) is 12.8. The van der Waals surface area contributed by atoms with Gasteiger partial charge in [0.25, 0.3) is 0 Å². The predicted octanol–water partition coefficient (Wildman–Crippen LogP) is 3.66. The first-order valence-electron chi connectivity index (χ1n) is 8.29. The number of sulfonamides is 1. The average molecular weight is 415 g/mol. The second kappa shape index (κ2) is 7.92. The van der Waals surface area contributed by atoms with Crippen LogP contribution in [-0.4, -0.2) is 31.7 Å². The summed E-state index contributed by atoms with van der Waals surface area (Å²) in [5.74, 6) is -2.65. The highest BCUT2D eigenvalue weighted by atomic mass is 35.5. The Morgan fingerprint density at radius 2 is 1.85 bits per heavy atom. The summed E-state index contributed by atoms with van der Waals surface area (Å²) >= 11 is 5.79. The number of carbonyl (C=O) groups excluding carboxylic acids is 1. The average Bonchev–Trinajstić information content (AvgIpc) is 2.65. The summed E-state index contributed by atoms with van der Waals surface area (Å²) in [6.45, 7) is 0.247. The molecule has 0 aliphatic carbocycles. The minimum Gasteiger partial charge on any atom is -0.323 e. The Kier molecular flexibility index (Phi) is 5.78. The maximum absolute atomic E-state index is 13.7. The van der Waals surface area contributed by atoms with E-state index in [0.717, 1.165) is 18.2 Å². The number of nitrogens with zero attached hydrogens (tertiary/aromatic N) is 1. The molecule has 1 aliphatic rings. The Morgan fingerprint density at radius 1 is 1.15 bits per heavy atom. The van der Waals surface area contributed by atoms with Crippen molar-refractivity contribution in [3.63, 3.8) is 0 Å². The zero-order valence-electron chi connectivity index (χ0n) is 14.2. The molecule has 0 saturated carbocycles. The summed E-state index contributed by atoms with van der Waals surface area (Å²) in [4.78, 5) is 12.5. The van der Waals surface area contributed by atoms with Gasteiger partial charge in [-0.05, 0) is 49.2 Å². The largest absolute Gasteiger partial charge is 0.323 e. The number of benzene rings is 2. The maximum atomic E-state index is 13.7. The molecule has 1 fully saturated rings. The van der Waals surface area contributed by atoms with E-state index in [9.17, 15) is 22.0 Å². The minimum atomic E-state index is -3.77. The van der Waals surface area contributed by atoms with E-state index < -0.39 is 33.5 Å². The van der Waals surface area contributed by atoms with Crippen molar-refractivity contribution in [1.29, 1.82) is 0 Å². The second-order valence-electron chi connectivity index (χ2n) is 6.27. The van der Waals surface area contributed by atoms with E-state index >= 15 is 0 Å². The second-order valence-corrected chi connectivity index (χ2v) is 8.64. The number of halogens is 3. The first kappa shape index (κ1) is 19.7. The van der Waals surface area contributed by atoms with Gasteiger partial charge in [0.1, 0.15) is 11.6 Å². The van der Waals surface area contributed by atoms with E-state index in [4.69, 9.17) is 11.6 Å². The molecule has 1 atom stereocenters. The van der Waals surface area contributed by atoms with Crippen molar-refractivity contribution in [3.8, 4) is 0 Å². The normalized spacial score (nSPS) is 18.3. The number of hydrogen-bond donors (Lipinski definition) is 1. The fourth-order valence-electron chi connectivity index (χ4n) is 2.96. The van der Waals surface area contributed by atoms with Gasteiger partial charge in [-0.25, -0.2) is 17.2 Å². The molecule has 0 unspecified atom stereocenters. The van der Waals surface area contributed by atoms with Crippen molar-refractivity contribution in [2.45, 2.75) is 17.7 Å². The molecule has 1 N–H and O–H groups in total. The lowest BCUT2D eigenvalue weighted by molar-refractivity contribution is -0.120. The number of hydrogen-bond acceptors (Lipinski definition) is 3. The number of nitrogens with one attached hydrogen (secondary N) is 1. The predicted molar refractivity (Wildman–Crippen MR) is 97.9 cm³/mol. The van der Waals surface area contributed by atoms with Crippen molar-refractivity contribution in [3.05, 3.63) is 59.1 Å². The number of rotatable bonds is 4. The Balaban J connectivity index is 1.74. The third kappa shape index (κ3) is 4.45. The molecule has 1 amide bonds. The molecular formula is C18H17ClF2N2O3S. The standard InChI is InChI=1S/C18H17ClF2N2O3S/c19-13-3-6-15(7-4-13)27(25,26)23-9-1-2-12(11-23)18(24)22-17-10-14(20)5-8-16(17)21/h3-8,10,12H,1-2,9,11H2,(H,22,24)/t12-/m1/s1. The van der Waals surface area contributed by atoms with Crippen LogP contribution in [0.15, 0.2) is 47.4 Å². The zero-order valence-corrected chi connectivity index (χ0v) is 15.7. The summed E-state index contributed by atoms with van der Waals surface area (Å²) in [6, 6.07) is 8.53. The van der Waals surface area contributed by atoms with Gasteiger partial charge in [0.15, 0.2) is 0 Å². The van der Waals surface area contributed by atoms with Gasteiger partial charge in [0.05, 0.1) is 16.5 Å². The maximum Gasteiger partial charge on any atom is 0.243 e. The summed E-state index contributed by atoms with van der Waals surface area (Å²) < 4.78 is 53.7. The molecule has 2 aromatic rings. The van der Waals surface area contributed by atoms with Crippen LogP contribution in [0.4, 0.5) is 14.5 Å². The van der Waals surface area contributed by atoms with Crippen LogP contribution in [0.5, 0.6) is 0 Å². The quantitative estimate of drug-likeness (QED) is 0.830. The summed E-state index contributed by atoms with van der Waals surface area (Å²) in [7, 11) is -3.77. The SMILES string of the molecule is O=C(Nc1cc(F)ccc1F)[C@@H]1CCCN(S(=O)(=O)c2ccc(Cl)cc2)C1. The van der Waals surface area contributed by atoms with Crippen LogP contribution >= 0.6 is 11.6 Å². The van der Waals surface area contributed by atoms with Crippen molar-refractivity contribution in [2.75, 3.05) is 18.4 Å². The van der Waals surface area contributed by atoms with Crippen molar-refractivity contribution in [2.24, 2.45) is 5.92 Å². The van der Waals surface area contributed by atoms with Crippen LogP contribution in [0.3, 0.4) is 0 Å². The van der Waals surface area contributed by atoms with Gasteiger partial charge >= 0.3 is 0 Å². The molecule has 3 rings (SSSR count). The first-order valence-corrected chi connectivity index (χ1v) is 10.1. The van der Waals surface area contributed by atoms with Gasteiger partial charge < -0.3 is 5.32 Å². The van der Waals surface area contributed by atoms with Crippen LogP contribution < -0.4 is 5.32 Å². The van der Waals surface area contributed by atoms with Crippen molar-refractivity contribution >= 4 is 33.2 Å². The van der Waals surface area contributed by atoms with Crippen LogP contribution in [0.25, 0.3) is 0 Å². The van der Waals surface area contributed by atoms with Gasteiger partial charge in [-0.1, -0.05) is 11.6 Å². The lowest BCUT2D eigenvalue weighted by Gasteiger charge is -2.31. The van der Waals surface area contributed by atoms with Gasteiger partial charge in [0.2, 0.25) is 15.9 Å². The van der Waals surface area contributed by atoms with Gasteiger partial charge in [-0.15, -0.1) is 0 Å². The van der Waals surface area contributed by atoms with Gasteiger partial charge in [-0.2, -0.15) is 4.31 Å². The van der Waals surface area contributed by atoms with Crippen LogP contribution in [0.2, 0.25) is 5.02 Å². The van der Waals surface area contributed by atoms with E-state index in [1.807, 2.05) is 0 Å². The van der Waals surface area contributed by atoms with Gasteiger partial charge in [-0.3, -0.25) is 4.79 Å². The summed E-state index contributed by atoms with van der Waals surface area (Å²) in [5.41, 5.74) is -0.266. The molecule has 9 heteroatoms. The Morgan fingerprint density at radius 3 is 2.56 bits per heavy atom. The molecule has 0 bridgehead atoms. The number of piperidine rings is 1. The highest BCUT2D eigenvalue weighted by Crippen LogP contribution is 2.26. The molecule has 1 saturated heterocycles. The van der Waals surface area contributed by atoms with Crippen LogP contribution in [0, 0.1) is 17.6 Å². The minimum absolute atomic E-state index is 0.0340. The van der Waals surface area contributed by atoms with Crippen molar-refractivity contribution in [1.82, 2.24) is 4.31 Å². The highest BCUT2D eigenvalue weighted by molar-refractivity contribution is 7.89. The molecule has 0 aromatic heterocycles. The van der Waals surface area contributed by atoms with E-state index in [0.29, 0.717) is 17.9 Å². The molecular weight excluding hydrogens is 398 g/mol. The molecule has 1 heterocycles. The van der Waals surface area contributed by atoms with E-state index in [2.05, 4.69) is 5.32 Å². The topological polar surface area (TPSA) is 66.5 Å². The molecule has 27 heavy (non-hydrogen) atoms. The third-order valence-corrected chi connectivity index (χ3v) is 6.52. The zero-order chi connectivity index (χ0) is 19.6. The van der Waals surface area contributed by atoms with Crippen molar-refractivity contribution < 1.29 is 22.0 Å². The van der Waals surface area contributed by atoms with E-state index in [1.54, 1.807) is 0 Å². The third-order valence-electron chi connectivity index (χ3n) is 4.39. The van der Waals surface area contributed by atoms with Crippen LogP contribution in [0.1, 0.15) is 12.8 Å². The summed E-state index contributed by atoms with van der Waals surface area (Å²) in [6.07, 6.45) is 0.936. The Labute approximate surface area is 161 Å². The van der Waals surface area contributed by atoms with Crippen LogP contribution in [-0.2, 0) is 14.8 Å². The number of amides is 1. The molecule has 2 aromatic carbocycles. The Bertz CT molecular complexity index is 952. The fraction of sp³-hybridized carbons (Fsp3) is 0.278. The lowest BCUT2D eigenvalue weighted by atomic mass is 9.98. The van der Waals surface area contributed by atoms with E-state index in [-0.39, 0.29) is 23.7 Å². The molecule has 5 nitrogen and oxygen atoms in total. The Hall–Kier alpha value is -2.03. The van der Waals surface area contributed by atoms with Gasteiger partial charge in [0, 0.05) is 24.2 Å². The highest BCUT2D eigenvalue weighted by Gasteiger charge is 2.33. The molecule has 1 aliphatic heterocycles. The number of carbonyl (C=O) groups is 1. The number of anilines is 1. The summed E-state index contributed by atoms with van der Waals surface area (Å²) in [5, 5.41) is 2.77. The molecule has 144 valence electrons. The molecule has 0 spiro atoms. The molecule has 0 radical (unpaired) electrons. The van der Waals surface area contributed by atoms with E-state index in [1.165, 1.54) is 28.6 Å². The fourth-order valence-corrected chi connectivity index (χ4v) is 4.61. The lowest BCUT2D eigenvalue weighted by Crippen LogP contribution is -2.43.